The van der Waals surface area contributed by atoms with Crippen molar-refractivity contribution in [2.45, 2.75) is 242 Å². The maximum atomic E-state index is 13.3. The number of amides is 5. The third-order valence-electron chi connectivity index (χ3n) is 13.9. The Morgan fingerprint density at radius 1 is 0.494 bits per heavy atom. The van der Waals surface area contributed by atoms with Crippen LogP contribution in [-0.2, 0) is 52.4 Å². The predicted octanol–water partition coefficient (Wildman–Crippen LogP) is -2.12. The first kappa shape index (κ1) is 78.1. The highest BCUT2D eigenvalue weighted by atomic mass is 16.7. The summed E-state index contributed by atoms with van der Waals surface area (Å²) in [7, 11) is 0. The lowest BCUT2D eigenvalue weighted by Crippen LogP contribution is -2.66. The van der Waals surface area contributed by atoms with Gasteiger partial charge in [0.1, 0.15) is 101 Å². The van der Waals surface area contributed by atoms with E-state index in [1.165, 1.54) is 25.7 Å². The van der Waals surface area contributed by atoms with Crippen LogP contribution in [0.15, 0.2) is 46.5 Å². The van der Waals surface area contributed by atoms with Crippen molar-refractivity contribution in [1.82, 2.24) is 26.6 Å². The Morgan fingerprint density at radius 3 is 1.38 bits per heavy atom. The van der Waals surface area contributed by atoms with Gasteiger partial charge in [0.2, 0.25) is 35.8 Å². The van der Waals surface area contributed by atoms with Crippen LogP contribution in [0.2, 0.25) is 0 Å². The van der Waals surface area contributed by atoms with Crippen LogP contribution in [-0.4, -0.2) is 238 Å². The molecule has 2 rings (SSSR count). The van der Waals surface area contributed by atoms with Gasteiger partial charge in [-0.05, 0) is 32.1 Å². The number of rotatable bonds is 42. The van der Waals surface area contributed by atoms with Crippen molar-refractivity contribution >= 4 is 29.5 Å². The van der Waals surface area contributed by atoms with E-state index in [2.05, 4.69) is 40.3 Å². The van der Waals surface area contributed by atoms with E-state index in [-0.39, 0.29) is 6.42 Å². The van der Waals surface area contributed by atoms with Crippen LogP contribution in [0.1, 0.15) is 144 Å². The van der Waals surface area contributed by atoms with Crippen LogP contribution in [0.5, 0.6) is 0 Å². The number of carbonyl (C=O) groups is 5. The molecule has 0 aliphatic carbocycles. The fourth-order valence-corrected chi connectivity index (χ4v) is 9.48. The molecule has 2 heterocycles. The standard InChI is InChI=1S/C56H97N5O26/c1-6-7-8-9-10-11-12-13-14-15-16-17-18-19-20-21-39(71)61-43-49(76)48(75)37(28-65)85-55(43)83-36(24-27-64)47(74)42(59-32(4)69)54(81)87-51-38(29-66)86-56(44(50(51)77)60-33(5)70)84-35(23-26-63)46(73)41(58-31(3)68)53(80)82-34(22-25-62)45(72)40(52(78)79)57-30(2)67/h11-12,34-38,43-44,48-56,62-66,72-81H,6-10,13-29H2,1-5H3,(H,57,67)(H,58,68)(H,59,69)(H,60,70)(H,61,71)/b12-11-,45-40+,46-41-,47-42+. The zero-order chi connectivity index (χ0) is 65.3. The number of carbonyl (C=O) groups excluding carboxylic acids is 5. The van der Waals surface area contributed by atoms with E-state index in [1.807, 2.05) is 5.32 Å². The summed E-state index contributed by atoms with van der Waals surface area (Å²) in [6.45, 7) is 1.54. The molecular formula is C56H97N5O26. The van der Waals surface area contributed by atoms with Crippen LogP contribution >= 0.6 is 0 Å². The molecular weight excluding hydrogens is 1160 g/mol. The van der Waals surface area contributed by atoms with Gasteiger partial charge in [-0.15, -0.1) is 0 Å². The highest BCUT2D eigenvalue weighted by Crippen LogP contribution is 2.32. The molecule has 0 spiro atoms. The lowest BCUT2D eigenvalue weighted by atomic mass is 9.96. The van der Waals surface area contributed by atoms with Crippen molar-refractivity contribution in [3.05, 3.63) is 46.5 Å². The largest absolute Gasteiger partial charge is 0.507 e. The number of ether oxygens (including phenoxy) is 6. The highest BCUT2D eigenvalue weighted by Gasteiger charge is 2.50. The number of aliphatic hydroxyl groups is 15. The van der Waals surface area contributed by atoms with E-state index in [1.54, 1.807) is 0 Å². The Morgan fingerprint density at radius 2 is 0.920 bits per heavy atom. The molecule has 0 saturated carbocycles. The third-order valence-corrected chi connectivity index (χ3v) is 13.9. The average molecular weight is 1260 g/mol. The SMILES string of the molecule is CCCCCC/C=C\CCCCCCCCCC(=O)NC1C(OC(CCO)/C(O)=C(\NC(C)=O)C(O)OC2C(CO)OC(OC(CCO)/C(O)=C(/NC(C)=O)C(O)OC(CCO)/C(O)=C(\NC(C)=O)C(O)O)C(NC(C)=O)C2O)OC(CO)C(O)C1O. The average Bonchev–Trinajstić information content (AvgIpc) is 1.29. The van der Waals surface area contributed by atoms with Gasteiger partial charge in [-0.2, -0.15) is 0 Å². The van der Waals surface area contributed by atoms with E-state index < -0.39 is 215 Å². The summed E-state index contributed by atoms with van der Waals surface area (Å²) in [4.78, 5) is 62.8. The second-order valence-electron chi connectivity index (χ2n) is 21.1. The van der Waals surface area contributed by atoms with Crippen LogP contribution in [0, 0.1) is 0 Å². The smallest absolute Gasteiger partial charge is 0.221 e. The van der Waals surface area contributed by atoms with E-state index in [0.717, 1.165) is 72.6 Å². The summed E-state index contributed by atoms with van der Waals surface area (Å²) in [5.74, 6) is -7.70. The van der Waals surface area contributed by atoms with Crippen molar-refractivity contribution in [2.75, 3.05) is 33.0 Å². The van der Waals surface area contributed by atoms with Gasteiger partial charge in [-0.3, -0.25) is 24.0 Å². The molecule has 20 N–H and O–H groups in total. The second-order valence-corrected chi connectivity index (χ2v) is 21.1. The zero-order valence-electron chi connectivity index (χ0n) is 50.1. The molecule has 2 fully saturated rings. The second kappa shape index (κ2) is 42.1. The zero-order valence-corrected chi connectivity index (χ0v) is 50.1. The van der Waals surface area contributed by atoms with Gasteiger partial charge in [0.05, 0.1) is 13.2 Å². The van der Waals surface area contributed by atoms with Crippen molar-refractivity contribution in [2.24, 2.45) is 0 Å². The normalized spacial score (nSPS) is 25.1. The molecule has 0 bridgehead atoms. The fourth-order valence-electron chi connectivity index (χ4n) is 9.48. The number of hydrogen-bond donors (Lipinski definition) is 20. The maximum Gasteiger partial charge on any atom is 0.221 e. The van der Waals surface area contributed by atoms with Crippen molar-refractivity contribution in [3.8, 4) is 0 Å². The quantitative estimate of drug-likeness (QED) is 0.0134. The lowest BCUT2D eigenvalue weighted by Gasteiger charge is -2.45. The Kier molecular flexibility index (Phi) is 37.8. The summed E-state index contributed by atoms with van der Waals surface area (Å²) in [5, 5.41) is 172. The topological polar surface area (TPSA) is 504 Å². The van der Waals surface area contributed by atoms with Crippen LogP contribution in [0.3, 0.4) is 0 Å². The molecule has 0 radical (unpaired) electrons. The van der Waals surface area contributed by atoms with Crippen LogP contribution < -0.4 is 26.6 Å². The lowest BCUT2D eigenvalue weighted by molar-refractivity contribution is -0.303. The molecule has 0 aromatic heterocycles. The third kappa shape index (κ3) is 26.9. The molecule has 15 atom stereocenters. The first-order valence-corrected chi connectivity index (χ1v) is 29.4. The summed E-state index contributed by atoms with van der Waals surface area (Å²) in [5.41, 5.74) is -2.82. The molecule has 31 nitrogen and oxygen atoms in total. The van der Waals surface area contributed by atoms with Gasteiger partial charge >= 0.3 is 0 Å². The minimum absolute atomic E-state index is 0.00761. The molecule has 2 aliphatic rings. The van der Waals surface area contributed by atoms with Crippen molar-refractivity contribution < 1.29 is 129 Å². The Labute approximate surface area is 505 Å². The number of aliphatic hydroxyl groups excluding tert-OH is 14. The highest BCUT2D eigenvalue weighted by molar-refractivity contribution is 5.77. The fraction of sp³-hybridized carbons (Fsp3) is 0.768. The monoisotopic (exact) mass is 1260 g/mol. The van der Waals surface area contributed by atoms with E-state index in [4.69, 9.17) is 28.4 Å². The van der Waals surface area contributed by atoms with Crippen LogP contribution in [0.25, 0.3) is 0 Å². The molecule has 15 unspecified atom stereocenters. The van der Waals surface area contributed by atoms with Gasteiger partial charge in [0.25, 0.3) is 0 Å². The summed E-state index contributed by atoms with van der Waals surface area (Å²) < 4.78 is 34.7. The number of nitrogens with one attached hydrogen (secondary N) is 5. The van der Waals surface area contributed by atoms with Gasteiger partial charge in [0, 0.05) is 73.2 Å². The Balaban J connectivity index is 2.45. The van der Waals surface area contributed by atoms with Crippen LogP contribution in [0.4, 0.5) is 0 Å². The number of allylic oxidation sites excluding steroid dienone is 2. The van der Waals surface area contributed by atoms with Crippen molar-refractivity contribution in [1.29, 1.82) is 0 Å². The van der Waals surface area contributed by atoms with E-state index in [0.29, 0.717) is 12.8 Å². The first-order valence-electron chi connectivity index (χ1n) is 29.4. The first-order chi connectivity index (χ1) is 41.3. The molecule has 2 saturated heterocycles. The van der Waals surface area contributed by atoms with E-state index >= 15 is 0 Å². The molecule has 2 aliphatic heterocycles. The number of unbranched alkanes of at least 4 members (excludes halogenated alkanes) is 11. The summed E-state index contributed by atoms with van der Waals surface area (Å²) >= 11 is 0. The van der Waals surface area contributed by atoms with E-state index in [9.17, 15) is 101 Å². The summed E-state index contributed by atoms with van der Waals surface area (Å²) in [6.07, 6.45) is -12.3. The van der Waals surface area contributed by atoms with Gasteiger partial charge in [-0.1, -0.05) is 70.4 Å². The molecule has 0 aromatic rings. The van der Waals surface area contributed by atoms with Crippen molar-refractivity contribution in [3.63, 3.8) is 0 Å². The van der Waals surface area contributed by atoms with Gasteiger partial charge in [0.15, 0.2) is 25.2 Å². The number of hydrogen-bond acceptors (Lipinski definition) is 26. The summed E-state index contributed by atoms with van der Waals surface area (Å²) in [6, 6.07) is -3.43. The molecule has 5 amide bonds. The Hall–Kier alpha value is -5.01. The predicted molar refractivity (Wildman–Crippen MR) is 304 cm³/mol. The molecule has 0 aromatic carbocycles. The minimum atomic E-state index is -2.56. The maximum absolute atomic E-state index is 13.3. The molecule has 502 valence electrons. The molecule has 31 heteroatoms. The minimum Gasteiger partial charge on any atom is -0.507 e. The van der Waals surface area contributed by atoms with Gasteiger partial charge < -0.3 is 132 Å². The molecule has 87 heavy (non-hydrogen) atoms. The Bertz CT molecular complexity index is 2200. The van der Waals surface area contributed by atoms with Gasteiger partial charge in [-0.25, -0.2) is 0 Å².